The lowest BCUT2D eigenvalue weighted by molar-refractivity contribution is 0.00578. The summed E-state index contributed by atoms with van der Waals surface area (Å²) in [5.41, 5.74) is 2.86. The molecule has 2 nitrogen and oxygen atoms in total. The largest absolute Gasteiger partial charge is 0.495 e. The Hall–Kier alpha value is -1.58. The number of rotatable bonds is 2. The molecule has 0 spiro atoms. The van der Waals surface area contributed by atoms with Crippen LogP contribution in [0.2, 0.25) is 0 Å². The molecule has 0 aromatic heterocycles. The highest BCUT2D eigenvalue weighted by molar-refractivity contribution is 6.63. The molecule has 1 heterocycles. The molecule has 2 aliphatic rings. The van der Waals surface area contributed by atoms with Gasteiger partial charge >= 0.3 is 7.12 Å². The lowest BCUT2D eigenvalue weighted by atomic mass is 9.74. The molecule has 1 saturated heterocycles. The van der Waals surface area contributed by atoms with Gasteiger partial charge in [0, 0.05) is 0 Å². The summed E-state index contributed by atoms with van der Waals surface area (Å²) in [5, 5.41) is 0. The molecule has 24 heavy (non-hydrogen) atoms. The Bertz CT molecular complexity index is 638. The first-order chi connectivity index (χ1) is 11.4. The fourth-order valence-corrected chi connectivity index (χ4v) is 2.71. The van der Waals surface area contributed by atoms with Gasteiger partial charge in [-0.1, -0.05) is 68.5 Å². The van der Waals surface area contributed by atoms with Gasteiger partial charge in [-0.25, -0.2) is 0 Å². The summed E-state index contributed by atoms with van der Waals surface area (Å²) in [6, 6.07) is 8.35. The van der Waals surface area contributed by atoms with Gasteiger partial charge in [0.15, 0.2) is 0 Å². The van der Waals surface area contributed by atoms with Crippen molar-refractivity contribution in [1.29, 1.82) is 0 Å². The van der Waals surface area contributed by atoms with Crippen LogP contribution in [0.15, 0.2) is 54.6 Å². The van der Waals surface area contributed by atoms with Crippen molar-refractivity contribution in [2.75, 3.05) is 0 Å². The Kier molecular flexibility index (Phi) is 5.90. The summed E-state index contributed by atoms with van der Waals surface area (Å²) in [5.74, 6) is 0. The minimum Gasteiger partial charge on any atom is -0.399 e. The molecule has 0 atom stereocenters. The predicted molar refractivity (Wildman–Crippen MR) is 104 cm³/mol. The predicted octanol–water partition coefficient (Wildman–Crippen LogP) is 4.91. The highest BCUT2D eigenvalue weighted by Crippen LogP contribution is 2.37. The van der Waals surface area contributed by atoms with Crippen molar-refractivity contribution in [1.82, 2.24) is 0 Å². The molecule has 3 rings (SSSR count). The summed E-state index contributed by atoms with van der Waals surface area (Å²) in [7, 11) is -0.327. The molecule has 1 aromatic carbocycles. The first kappa shape index (κ1) is 18.8. The summed E-state index contributed by atoms with van der Waals surface area (Å²) in [4.78, 5) is 0. The fraction of sp³-hybridized carbons (Fsp3) is 0.429. The third kappa shape index (κ3) is 3.74. The maximum atomic E-state index is 6.22. The van der Waals surface area contributed by atoms with E-state index in [0.29, 0.717) is 0 Å². The van der Waals surface area contributed by atoms with Crippen molar-refractivity contribution in [2.24, 2.45) is 0 Å². The zero-order valence-corrected chi connectivity index (χ0v) is 15.8. The second-order valence-electron chi connectivity index (χ2n) is 6.86. The average molecular weight is 324 g/mol. The molecule has 0 amide bonds. The smallest absolute Gasteiger partial charge is 0.399 e. The standard InChI is InChI=1S/C19H23BO2.C2H6/c1-18(2)19(3,4)22-20(21-18)17-14-10-9-13-16(17)15-11-7-5-6-8-12-15;1-2/h5-7,9-14H,8H2,1-4H3;1-2H3. The first-order valence-electron chi connectivity index (χ1n) is 8.89. The monoisotopic (exact) mass is 324 g/mol. The maximum absolute atomic E-state index is 6.22. The number of allylic oxidation sites excluding steroid dienone is 6. The van der Waals surface area contributed by atoms with E-state index in [1.54, 1.807) is 0 Å². The van der Waals surface area contributed by atoms with Crippen molar-refractivity contribution in [3.8, 4) is 0 Å². The SMILES string of the molecule is CC.CC1(C)OB(c2ccccc2C2=CCC=CC=C2)OC1(C)C. The first-order valence-corrected chi connectivity index (χ1v) is 8.89. The number of benzene rings is 1. The molecule has 0 bridgehead atoms. The van der Waals surface area contributed by atoms with Crippen molar-refractivity contribution in [3.05, 3.63) is 60.2 Å². The van der Waals surface area contributed by atoms with E-state index >= 15 is 0 Å². The molecular weight excluding hydrogens is 295 g/mol. The molecule has 0 saturated carbocycles. The van der Waals surface area contributed by atoms with Gasteiger partial charge in [-0.2, -0.15) is 0 Å². The van der Waals surface area contributed by atoms with Gasteiger partial charge in [0.2, 0.25) is 0 Å². The third-order valence-corrected chi connectivity index (χ3v) is 4.78. The normalized spacial score (nSPS) is 20.9. The number of hydrogen-bond donors (Lipinski definition) is 0. The van der Waals surface area contributed by atoms with Crippen LogP contribution in [0.25, 0.3) is 5.57 Å². The van der Waals surface area contributed by atoms with Gasteiger partial charge < -0.3 is 9.31 Å². The topological polar surface area (TPSA) is 18.5 Å². The van der Waals surface area contributed by atoms with Crippen molar-refractivity contribution in [3.63, 3.8) is 0 Å². The summed E-state index contributed by atoms with van der Waals surface area (Å²) in [6.07, 6.45) is 11.7. The van der Waals surface area contributed by atoms with Gasteiger partial charge in [0.25, 0.3) is 0 Å². The van der Waals surface area contributed by atoms with Crippen LogP contribution in [0.3, 0.4) is 0 Å². The molecule has 0 radical (unpaired) electrons. The third-order valence-electron chi connectivity index (χ3n) is 4.78. The highest BCUT2D eigenvalue weighted by Gasteiger charge is 2.52. The number of hydrogen-bond acceptors (Lipinski definition) is 2. The minimum atomic E-state index is -0.327. The molecule has 3 heteroatoms. The second kappa shape index (κ2) is 7.54. The molecule has 1 fully saturated rings. The van der Waals surface area contributed by atoms with Gasteiger partial charge in [-0.05, 0) is 50.7 Å². The van der Waals surface area contributed by atoms with Crippen molar-refractivity contribution >= 4 is 18.2 Å². The van der Waals surface area contributed by atoms with Crippen LogP contribution in [0.4, 0.5) is 0 Å². The van der Waals surface area contributed by atoms with Gasteiger partial charge in [0.1, 0.15) is 0 Å². The van der Waals surface area contributed by atoms with Crippen LogP contribution >= 0.6 is 0 Å². The van der Waals surface area contributed by atoms with E-state index in [-0.39, 0.29) is 18.3 Å². The lowest BCUT2D eigenvalue weighted by Gasteiger charge is -2.32. The van der Waals surface area contributed by atoms with E-state index in [1.807, 2.05) is 19.9 Å². The lowest BCUT2D eigenvalue weighted by Crippen LogP contribution is -2.41. The maximum Gasteiger partial charge on any atom is 0.495 e. The van der Waals surface area contributed by atoms with Crippen LogP contribution in [-0.2, 0) is 9.31 Å². The van der Waals surface area contributed by atoms with Crippen LogP contribution in [0.1, 0.15) is 53.5 Å². The Morgan fingerprint density at radius 1 is 0.917 bits per heavy atom. The molecular formula is C21H29BO2. The van der Waals surface area contributed by atoms with E-state index in [1.165, 1.54) is 11.1 Å². The van der Waals surface area contributed by atoms with Gasteiger partial charge in [0.05, 0.1) is 11.2 Å². The average Bonchev–Trinajstić information content (AvgIpc) is 2.76. The molecule has 1 aromatic rings. The van der Waals surface area contributed by atoms with E-state index < -0.39 is 0 Å². The van der Waals surface area contributed by atoms with E-state index in [0.717, 1.165) is 11.9 Å². The summed E-state index contributed by atoms with van der Waals surface area (Å²) < 4.78 is 12.4. The van der Waals surface area contributed by atoms with E-state index in [4.69, 9.17) is 9.31 Å². The van der Waals surface area contributed by atoms with E-state index in [9.17, 15) is 0 Å². The molecule has 128 valence electrons. The van der Waals surface area contributed by atoms with E-state index in [2.05, 4.69) is 76.3 Å². The van der Waals surface area contributed by atoms with Crippen LogP contribution in [0, 0.1) is 0 Å². The molecule has 1 aliphatic carbocycles. The zero-order valence-electron chi connectivity index (χ0n) is 15.8. The van der Waals surface area contributed by atoms with Crippen LogP contribution in [0.5, 0.6) is 0 Å². The zero-order chi connectivity index (χ0) is 17.8. The van der Waals surface area contributed by atoms with Gasteiger partial charge in [-0.15, -0.1) is 0 Å². The van der Waals surface area contributed by atoms with Gasteiger partial charge in [-0.3, -0.25) is 0 Å². The Morgan fingerprint density at radius 2 is 1.54 bits per heavy atom. The Balaban J connectivity index is 0.00000100. The quantitative estimate of drug-likeness (QED) is 0.720. The van der Waals surface area contributed by atoms with Crippen LogP contribution in [-0.4, -0.2) is 18.3 Å². The van der Waals surface area contributed by atoms with Crippen LogP contribution < -0.4 is 5.46 Å². The second-order valence-corrected chi connectivity index (χ2v) is 6.86. The Morgan fingerprint density at radius 3 is 2.21 bits per heavy atom. The molecule has 0 N–H and O–H groups in total. The molecule has 0 unspecified atom stereocenters. The van der Waals surface area contributed by atoms with Crippen molar-refractivity contribution in [2.45, 2.75) is 59.2 Å². The highest BCUT2D eigenvalue weighted by atomic mass is 16.7. The Labute approximate surface area is 147 Å². The molecule has 1 aliphatic heterocycles. The summed E-state index contributed by atoms with van der Waals surface area (Å²) >= 11 is 0. The minimum absolute atomic E-state index is 0.319. The fourth-order valence-electron chi connectivity index (χ4n) is 2.71. The van der Waals surface area contributed by atoms with Crippen molar-refractivity contribution < 1.29 is 9.31 Å². The summed E-state index contributed by atoms with van der Waals surface area (Å²) in [6.45, 7) is 12.4.